The number of ketones is 1. The highest BCUT2D eigenvalue weighted by Gasteiger charge is 2.07. The average molecular weight is 234 g/mol. The normalized spacial score (nSPS) is 10.8. The van der Waals surface area contributed by atoms with E-state index in [0.29, 0.717) is 13.0 Å². The molecule has 84 valence electrons. The average Bonchev–Trinajstić information content (AvgIpc) is 2.68. The molecule has 0 amide bonds. The monoisotopic (exact) mass is 234 g/mol. The first-order chi connectivity index (χ1) is 7.79. The predicted octanol–water partition coefficient (Wildman–Crippen LogP) is 2.02. The van der Waals surface area contributed by atoms with Gasteiger partial charge in [-0.25, -0.2) is 4.98 Å². The molecule has 1 heterocycles. The third kappa shape index (κ3) is 2.65. The second-order valence-corrected chi connectivity index (χ2v) is 4.69. The van der Waals surface area contributed by atoms with Gasteiger partial charge in [-0.1, -0.05) is 19.1 Å². The molecule has 0 aliphatic carbocycles. The fourth-order valence-corrected chi connectivity index (χ4v) is 2.49. The largest absolute Gasteiger partial charge is 0.310 e. The zero-order valence-corrected chi connectivity index (χ0v) is 10.0. The van der Waals surface area contributed by atoms with Crippen molar-refractivity contribution in [1.29, 1.82) is 0 Å². The summed E-state index contributed by atoms with van der Waals surface area (Å²) in [5.74, 6) is 0.195. The van der Waals surface area contributed by atoms with Crippen LogP contribution in [0.4, 0.5) is 0 Å². The van der Waals surface area contributed by atoms with Crippen molar-refractivity contribution in [2.45, 2.75) is 13.3 Å². The molecule has 16 heavy (non-hydrogen) atoms. The summed E-state index contributed by atoms with van der Waals surface area (Å²) in [7, 11) is 0. The van der Waals surface area contributed by atoms with E-state index in [4.69, 9.17) is 0 Å². The highest BCUT2D eigenvalue weighted by Crippen LogP contribution is 2.21. The molecule has 1 N–H and O–H groups in total. The van der Waals surface area contributed by atoms with Crippen LogP contribution in [0.15, 0.2) is 24.3 Å². The third-order valence-electron chi connectivity index (χ3n) is 2.26. The highest BCUT2D eigenvalue weighted by molar-refractivity contribution is 7.18. The van der Waals surface area contributed by atoms with E-state index in [-0.39, 0.29) is 5.78 Å². The van der Waals surface area contributed by atoms with E-state index in [1.165, 1.54) is 0 Å². The van der Waals surface area contributed by atoms with Gasteiger partial charge in [0, 0.05) is 0 Å². The number of para-hydroxylation sites is 1. The smallest absolute Gasteiger partial charge is 0.153 e. The summed E-state index contributed by atoms with van der Waals surface area (Å²) >= 11 is 1.60. The van der Waals surface area contributed by atoms with E-state index in [1.807, 2.05) is 31.2 Å². The van der Waals surface area contributed by atoms with Crippen molar-refractivity contribution in [2.24, 2.45) is 0 Å². The number of aromatic nitrogens is 1. The fourth-order valence-electron chi connectivity index (χ4n) is 1.49. The number of likely N-dealkylation sites (N-methyl/N-ethyl adjacent to an activating group) is 1. The summed E-state index contributed by atoms with van der Waals surface area (Å²) in [5.41, 5.74) is 0.985. The first kappa shape index (κ1) is 11.2. The van der Waals surface area contributed by atoms with Gasteiger partial charge in [-0.15, -0.1) is 11.3 Å². The molecular formula is C12H14N2OS. The maximum absolute atomic E-state index is 11.6. The molecule has 0 unspecified atom stereocenters. The van der Waals surface area contributed by atoms with Crippen molar-refractivity contribution in [3.63, 3.8) is 0 Å². The number of nitrogens with one attached hydrogen (secondary N) is 1. The Morgan fingerprint density at radius 2 is 2.25 bits per heavy atom. The number of carbonyl (C=O) groups excluding carboxylic acids is 1. The molecule has 0 radical (unpaired) electrons. The number of fused-ring (bicyclic) bond motifs is 1. The van der Waals surface area contributed by atoms with Crippen LogP contribution in [0, 0.1) is 0 Å². The van der Waals surface area contributed by atoms with Crippen LogP contribution in [-0.2, 0) is 11.2 Å². The Hall–Kier alpha value is -1.26. The molecule has 0 saturated carbocycles. The first-order valence-electron chi connectivity index (χ1n) is 5.36. The van der Waals surface area contributed by atoms with Crippen LogP contribution in [0.1, 0.15) is 11.9 Å². The zero-order chi connectivity index (χ0) is 11.4. The molecule has 2 aromatic rings. The molecule has 0 atom stereocenters. The van der Waals surface area contributed by atoms with Gasteiger partial charge < -0.3 is 5.32 Å². The summed E-state index contributed by atoms with van der Waals surface area (Å²) in [6.07, 6.45) is 0.437. The van der Waals surface area contributed by atoms with Crippen molar-refractivity contribution < 1.29 is 4.79 Å². The SMILES string of the molecule is CCNCC(=O)Cc1nc2ccccc2s1. The van der Waals surface area contributed by atoms with Gasteiger partial charge in [-0.05, 0) is 18.7 Å². The van der Waals surface area contributed by atoms with Gasteiger partial charge in [0.2, 0.25) is 0 Å². The van der Waals surface area contributed by atoms with E-state index in [9.17, 15) is 4.79 Å². The minimum absolute atomic E-state index is 0.195. The van der Waals surface area contributed by atoms with Gasteiger partial charge in [-0.3, -0.25) is 4.79 Å². The quantitative estimate of drug-likeness (QED) is 0.860. The standard InChI is InChI=1S/C12H14N2OS/c1-2-13-8-9(15)7-12-14-10-5-3-4-6-11(10)16-12/h3-6,13H,2,7-8H2,1H3. The summed E-state index contributed by atoms with van der Waals surface area (Å²) in [6, 6.07) is 7.96. The predicted molar refractivity (Wildman–Crippen MR) is 66.9 cm³/mol. The second kappa shape index (κ2) is 5.18. The number of hydrogen-bond acceptors (Lipinski definition) is 4. The van der Waals surface area contributed by atoms with E-state index >= 15 is 0 Å². The van der Waals surface area contributed by atoms with Crippen molar-refractivity contribution in [1.82, 2.24) is 10.3 Å². The van der Waals surface area contributed by atoms with Crippen LogP contribution in [-0.4, -0.2) is 23.9 Å². The number of thiazole rings is 1. The Balaban J connectivity index is 2.07. The molecule has 1 aromatic heterocycles. The summed E-state index contributed by atoms with van der Waals surface area (Å²) in [6.45, 7) is 3.25. The molecule has 0 bridgehead atoms. The molecule has 4 heteroatoms. The van der Waals surface area contributed by atoms with Gasteiger partial charge in [0.25, 0.3) is 0 Å². The molecule has 3 nitrogen and oxygen atoms in total. The van der Waals surface area contributed by atoms with Gasteiger partial charge in [0.05, 0.1) is 23.2 Å². The molecule has 0 saturated heterocycles. The number of benzene rings is 1. The van der Waals surface area contributed by atoms with Crippen LogP contribution in [0.2, 0.25) is 0 Å². The Bertz CT molecular complexity index is 459. The number of hydrogen-bond donors (Lipinski definition) is 1. The van der Waals surface area contributed by atoms with Gasteiger partial charge in [0.1, 0.15) is 5.01 Å². The number of nitrogens with zero attached hydrogens (tertiary/aromatic N) is 1. The zero-order valence-electron chi connectivity index (χ0n) is 9.19. The minimum Gasteiger partial charge on any atom is -0.310 e. The van der Waals surface area contributed by atoms with E-state index in [1.54, 1.807) is 11.3 Å². The topological polar surface area (TPSA) is 42.0 Å². The fraction of sp³-hybridized carbons (Fsp3) is 0.333. The van der Waals surface area contributed by atoms with Crippen molar-refractivity contribution in [3.05, 3.63) is 29.3 Å². The molecule has 2 rings (SSSR count). The lowest BCUT2D eigenvalue weighted by atomic mass is 10.3. The first-order valence-corrected chi connectivity index (χ1v) is 6.18. The highest BCUT2D eigenvalue weighted by atomic mass is 32.1. The van der Waals surface area contributed by atoms with Gasteiger partial charge in [-0.2, -0.15) is 0 Å². The van der Waals surface area contributed by atoms with Crippen LogP contribution in [0.25, 0.3) is 10.2 Å². The van der Waals surface area contributed by atoms with Crippen molar-refractivity contribution >= 4 is 27.3 Å². The van der Waals surface area contributed by atoms with Crippen LogP contribution < -0.4 is 5.32 Å². The summed E-state index contributed by atoms with van der Waals surface area (Å²) in [5, 5.41) is 3.94. The maximum atomic E-state index is 11.6. The Kier molecular flexibility index (Phi) is 3.64. The Morgan fingerprint density at radius 3 is 3.00 bits per heavy atom. The molecule has 1 aromatic carbocycles. The Morgan fingerprint density at radius 1 is 1.44 bits per heavy atom. The lowest BCUT2D eigenvalue weighted by Gasteiger charge is -1.97. The molecule has 0 aliphatic rings. The third-order valence-corrected chi connectivity index (χ3v) is 3.30. The van der Waals surface area contributed by atoms with Crippen LogP contribution >= 0.6 is 11.3 Å². The molecular weight excluding hydrogens is 220 g/mol. The lowest BCUT2D eigenvalue weighted by Crippen LogP contribution is -2.23. The minimum atomic E-state index is 0.195. The summed E-state index contributed by atoms with van der Waals surface area (Å²) in [4.78, 5) is 16.0. The van der Waals surface area contributed by atoms with E-state index in [2.05, 4.69) is 10.3 Å². The van der Waals surface area contributed by atoms with Crippen molar-refractivity contribution in [3.8, 4) is 0 Å². The molecule has 0 aliphatic heterocycles. The maximum Gasteiger partial charge on any atom is 0.153 e. The van der Waals surface area contributed by atoms with Crippen LogP contribution in [0.5, 0.6) is 0 Å². The van der Waals surface area contributed by atoms with Crippen molar-refractivity contribution in [2.75, 3.05) is 13.1 Å². The lowest BCUT2D eigenvalue weighted by molar-refractivity contribution is -0.117. The number of carbonyl (C=O) groups is 1. The number of rotatable bonds is 5. The number of Topliss-reactive ketones (excluding diaryl/α,β-unsaturated/α-hetero) is 1. The van der Waals surface area contributed by atoms with E-state index in [0.717, 1.165) is 21.8 Å². The second-order valence-electron chi connectivity index (χ2n) is 3.57. The van der Waals surface area contributed by atoms with Gasteiger partial charge >= 0.3 is 0 Å². The van der Waals surface area contributed by atoms with Crippen LogP contribution in [0.3, 0.4) is 0 Å². The summed E-state index contributed by atoms with van der Waals surface area (Å²) < 4.78 is 1.15. The Labute approximate surface area is 98.5 Å². The molecule has 0 fully saturated rings. The van der Waals surface area contributed by atoms with Gasteiger partial charge in [0.15, 0.2) is 5.78 Å². The van der Waals surface area contributed by atoms with E-state index < -0.39 is 0 Å². The molecule has 0 spiro atoms.